The van der Waals surface area contributed by atoms with Crippen molar-refractivity contribution in [2.45, 2.75) is 25.9 Å². The molecule has 0 radical (unpaired) electrons. The highest BCUT2D eigenvalue weighted by Gasteiger charge is 2.29. The minimum atomic E-state index is -0.654. The van der Waals surface area contributed by atoms with E-state index in [2.05, 4.69) is 0 Å². The van der Waals surface area contributed by atoms with Gasteiger partial charge in [0.15, 0.2) is 5.78 Å². The van der Waals surface area contributed by atoms with Gasteiger partial charge >= 0.3 is 5.69 Å². The van der Waals surface area contributed by atoms with E-state index in [0.717, 1.165) is 9.13 Å². The molecule has 1 aliphatic rings. The molecule has 1 saturated heterocycles. The molecule has 1 aromatic rings. The van der Waals surface area contributed by atoms with Crippen LogP contribution < -0.4 is 17.0 Å². The van der Waals surface area contributed by atoms with E-state index in [4.69, 9.17) is 10.5 Å². The van der Waals surface area contributed by atoms with Gasteiger partial charge in [0.05, 0.1) is 19.8 Å². The molecule has 0 aliphatic carbocycles. The zero-order valence-electron chi connectivity index (χ0n) is 13.3. The van der Waals surface area contributed by atoms with Gasteiger partial charge in [-0.15, -0.1) is 0 Å². The minimum Gasteiger partial charge on any atom is -0.384 e. The molecule has 2 heterocycles. The molecule has 0 spiro atoms. The lowest BCUT2D eigenvalue weighted by Gasteiger charge is -2.38. The number of anilines is 1. The average molecular weight is 310 g/mol. The first kappa shape index (κ1) is 16.4. The maximum atomic E-state index is 12.6. The number of ether oxygens (including phenoxy) is 1. The van der Waals surface area contributed by atoms with Crippen LogP contribution in [-0.4, -0.2) is 51.7 Å². The number of carbonyl (C=O) groups excluding carboxylic acids is 1. The van der Waals surface area contributed by atoms with Gasteiger partial charge in [0.25, 0.3) is 5.56 Å². The van der Waals surface area contributed by atoms with Crippen molar-refractivity contribution in [1.82, 2.24) is 14.0 Å². The third-order valence-corrected chi connectivity index (χ3v) is 4.17. The van der Waals surface area contributed by atoms with E-state index in [1.54, 1.807) is 0 Å². The van der Waals surface area contributed by atoms with E-state index in [9.17, 15) is 14.4 Å². The lowest BCUT2D eigenvalue weighted by Crippen LogP contribution is -2.52. The van der Waals surface area contributed by atoms with Gasteiger partial charge in [-0.2, -0.15) is 0 Å². The maximum Gasteiger partial charge on any atom is 0.332 e. The highest BCUT2D eigenvalue weighted by molar-refractivity contribution is 6.01. The number of carbonyl (C=O) groups is 1. The summed E-state index contributed by atoms with van der Waals surface area (Å²) in [5, 5.41) is 0. The molecule has 22 heavy (non-hydrogen) atoms. The van der Waals surface area contributed by atoms with Gasteiger partial charge in [0.2, 0.25) is 0 Å². The van der Waals surface area contributed by atoms with Gasteiger partial charge < -0.3 is 10.5 Å². The lowest BCUT2D eigenvalue weighted by atomic mass is 10.1. The Bertz CT molecular complexity index is 696. The van der Waals surface area contributed by atoms with Gasteiger partial charge in [-0.1, -0.05) is 0 Å². The fourth-order valence-electron chi connectivity index (χ4n) is 2.71. The highest BCUT2D eigenvalue weighted by atomic mass is 16.5. The molecule has 0 aromatic carbocycles. The number of aromatic nitrogens is 2. The molecule has 1 aliphatic heterocycles. The topological polar surface area (TPSA) is 99.6 Å². The second kappa shape index (κ2) is 6.05. The smallest absolute Gasteiger partial charge is 0.332 e. The van der Waals surface area contributed by atoms with E-state index < -0.39 is 11.2 Å². The van der Waals surface area contributed by atoms with Crippen molar-refractivity contribution in [1.29, 1.82) is 0 Å². The third kappa shape index (κ3) is 2.71. The molecule has 8 nitrogen and oxygen atoms in total. The van der Waals surface area contributed by atoms with Crippen LogP contribution in [0.25, 0.3) is 0 Å². The van der Waals surface area contributed by atoms with Crippen molar-refractivity contribution in [3.8, 4) is 0 Å². The number of nitrogens with two attached hydrogens (primary N) is 1. The summed E-state index contributed by atoms with van der Waals surface area (Å²) in [5.41, 5.74) is 4.48. The highest BCUT2D eigenvalue weighted by Crippen LogP contribution is 2.14. The van der Waals surface area contributed by atoms with Crippen LogP contribution in [0.4, 0.5) is 5.82 Å². The van der Waals surface area contributed by atoms with Crippen LogP contribution in [0.2, 0.25) is 0 Å². The van der Waals surface area contributed by atoms with Gasteiger partial charge in [0, 0.05) is 26.2 Å². The van der Waals surface area contributed by atoms with Gasteiger partial charge in [-0.05, 0) is 13.8 Å². The van der Waals surface area contributed by atoms with E-state index in [1.807, 2.05) is 18.7 Å². The Hall–Kier alpha value is -1.93. The number of ketones is 1. The summed E-state index contributed by atoms with van der Waals surface area (Å²) in [6.45, 7) is 5.08. The quantitative estimate of drug-likeness (QED) is 0.716. The monoisotopic (exact) mass is 310 g/mol. The zero-order chi connectivity index (χ0) is 16.6. The summed E-state index contributed by atoms with van der Waals surface area (Å²) in [5.74, 6) is -0.471. The molecule has 2 N–H and O–H groups in total. The molecule has 1 aromatic heterocycles. The van der Waals surface area contributed by atoms with Crippen molar-refractivity contribution in [3.63, 3.8) is 0 Å². The van der Waals surface area contributed by atoms with E-state index >= 15 is 0 Å². The zero-order valence-corrected chi connectivity index (χ0v) is 13.3. The Morgan fingerprint density at radius 3 is 2.27 bits per heavy atom. The Labute approximate surface area is 128 Å². The van der Waals surface area contributed by atoms with Crippen molar-refractivity contribution in [2.75, 3.05) is 25.5 Å². The van der Waals surface area contributed by atoms with Crippen molar-refractivity contribution < 1.29 is 9.53 Å². The summed E-state index contributed by atoms with van der Waals surface area (Å²) in [7, 11) is 2.77. The van der Waals surface area contributed by atoms with Crippen LogP contribution in [0.3, 0.4) is 0 Å². The van der Waals surface area contributed by atoms with Crippen LogP contribution in [0.1, 0.15) is 24.2 Å². The molecule has 0 bridgehead atoms. The second-order valence-corrected chi connectivity index (χ2v) is 5.80. The Morgan fingerprint density at radius 1 is 1.18 bits per heavy atom. The summed E-state index contributed by atoms with van der Waals surface area (Å²) < 4.78 is 7.43. The van der Waals surface area contributed by atoms with Gasteiger partial charge in [-0.3, -0.25) is 23.6 Å². The largest absolute Gasteiger partial charge is 0.384 e. The SMILES string of the molecule is C[C@@H]1COC[C@@H](C)N1CC(=O)c1c(N)n(C)c(=O)n(C)c1=O. The molecule has 0 unspecified atom stereocenters. The molecule has 2 atom stereocenters. The third-order valence-electron chi connectivity index (χ3n) is 4.17. The minimum absolute atomic E-state index is 0.0728. The van der Waals surface area contributed by atoms with Crippen LogP contribution in [0.5, 0.6) is 0 Å². The maximum absolute atomic E-state index is 12.6. The Morgan fingerprint density at radius 2 is 1.73 bits per heavy atom. The average Bonchev–Trinajstić information content (AvgIpc) is 2.47. The first-order valence-electron chi connectivity index (χ1n) is 7.17. The molecule has 0 saturated carbocycles. The van der Waals surface area contributed by atoms with Crippen LogP contribution in [-0.2, 0) is 18.8 Å². The van der Waals surface area contributed by atoms with E-state index in [0.29, 0.717) is 13.2 Å². The molecule has 122 valence electrons. The predicted octanol–water partition coefficient (Wildman–Crippen LogP) is -1.04. The standard InChI is InChI=1S/C14H22N4O4/c1-8-6-22-7-9(2)18(8)5-10(19)11-12(15)16(3)14(21)17(4)13(11)20/h8-9H,5-7,15H2,1-4H3/t8-,9-/m1/s1. The van der Waals surface area contributed by atoms with Crippen molar-refractivity contribution in [3.05, 3.63) is 26.4 Å². The van der Waals surface area contributed by atoms with Gasteiger partial charge in [0.1, 0.15) is 11.4 Å². The predicted molar refractivity (Wildman–Crippen MR) is 82.1 cm³/mol. The first-order valence-corrected chi connectivity index (χ1v) is 7.17. The summed E-state index contributed by atoms with van der Waals surface area (Å²) in [6.07, 6.45) is 0. The number of nitrogens with zero attached hydrogens (tertiary/aromatic N) is 3. The van der Waals surface area contributed by atoms with Crippen LogP contribution >= 0.6 is 0 Å². The van der Waals surface area contributed by atoms with E-state index in [1.165, 1.54) is 14.1 Å². The number of rotatable bonds is 3. The number of hydrogen-bond acceptors (Lipinski definition) is 6. The fourth-order valence-corrected chi connectivity index (χ4v) is 2.71. The van der Waals surface area contributed by atoms with Gasteiger partial charge in [-0.25, -0.2) is 4.79 Å². The number of morpholine rings is 1. The molecular weight excluding hydrogens is 288 g/mol. The fraction of sp³-hybridized carbons (Fsp3) is 0.643. The molecule has 8 heteroatoms. The number of Topliss-reactive ketones (excluding diaryl/α,β-unsaturated/α-hetero) is 1. The normalized spacial score (nSPS) is 22.7. The lowest BCUT2D eigenvalue weighted by molar-refractivity contribution is -0.0327. The van der Waals surface area contributed by atoms with Crippen molar-refractivity contribution in [2.24, 2.45) is 14.1 Å². The summed E-state index contributed by atoms with van der Waals surface area (Å²) >= 11 is 0. The van der Waals surface area contributed by atoms with E-state index in [-0.39, 0.29) is 35.8 Å². The Kier molecular flexibility index (Phi) is 4.52. The molecule has 0 amide bonds. The summed E-state index contributed by atoms with van der Waals surface area (Å²) in [6, 6.07) is 0.149. The van der Waals surface area contributed by atoms with Crippen LogP contribution in [0.15, 0.2) is 9.59 Å². The summed E-state index contributed by atoms with van der Waals surface area (Å²) in [4.78, 5) is 38.6. The van der Waals surface area contributed by atoms with Crippen LogP contribution in [0, 0.1) is 0 Å². The number of hydrogen-bond donors (Lipinski definition) is 1. The number of nitrogen functional groups attached to an aromatic ring is 1. The molecule has 2 rings (SSSR count). The Balaban J connectivity index is 2.39. The molecular formula is C14H22N4O4. The first-order chi connectivity index (χ1) is 10.3. The second-order valence-electron chi connectivity index (χ2n) is 5.80. The van der Waals surface area contributed by atoms with Crippen molar-refractivity contribution >= 4 is 11.6 Å². The molecule has 1 fully saturated rings.